The van der Waals surface area contributed by atoms with E-state index in [0.717, 1.165) is 23.3 Å². The van der Waals surface area contributed by atoms with Crippen molar-refractivity contribution in [3.05, 3.63) is 35.4 Å². The molecule has 2 heterocycles. The van der Waals surface area contributed by atoms with Gasteiger partial charge in [-0.05, 0) is 38.2 Å². The molecule has 1 saturated carbocycles. The molecule has 1 unspecified atom stereocenters. The van der Waals surface area contributed by atoms with Gasteiger partial charge in [0.2, 0.25) is 11.8 Å². The van der Waals surface area contributed by atoms with Crippen LogP contribution in [0.1, 0.15) is 50.2 Å². The highest BCUT2D eigenvalue weighted by molar-refractivity contribution is 6.09. The van der Waals surface area contributed by atoms with Crippen LogP contribution in [0.25, 0.3) is 0 Å². The molecule has 0 bridgehead atoms. The molecule has 3 aliphatic rings. The van der Waals surface area contributed by atoms with E-state index in [1.54, 1.807) is 11.8 Å². The number of hydrogen-bond acceptors (Lipinski definition) is 4. The summed E-state index contributed by atoms with van der Waals surface area (Å²) in [7, 11) is 0. The maximum Gasteiger partial charge on any atom is 0.325 e. The molecule has 1 atom stereocenters. The highest BCUT2D eigenvalue weighted by Gasteiger charge is 2.49. The Morgan fingerprint density at radius 1 is 0.969 bits per heavy atom. The number of nitrogens with zero attached hydrogens (tertiary/aromatic N) is 3. The quantitative estimate of drug-likeness (QED) is 0.710. The Kier molecular flexibility index (Phi) is 6.22. The van der Waals surface area contributed by atoms with Gasteiger partial charge in [-0.3, -0.25) is 19.3 Å². The summed E-state index contributed by atoms with van der Waals surface area (Å²) in [5, 5.41) is 2.74. The number of piperazine rings is 1. The zero-order valence-corrected chi connectivity index (χ0v) is 18.9. The van der Waals surface area contributed by atoms with Crippen molar-refractivity contribution in [3.8, 4) is 0 Å². The molecule has 1 N–H and O–H groups in total. The molecule has 0 spiro atoms. The molecule has 5 amide bonds. The number of urea groups is 1. The van der Waals surface area contributed by atoms with Crippen molar-refractivity contribution in [2.45, 2.75) is 51.5 Å². The summed E-state index contributed by atoms with van der Waals surface area (Å²) in [5.41, 5.74) is 0.559. The van der Waals surface area contributed by atoms with Crippen molar-refractivity contribution in [1.82, 2.24) is 20.0 Å². The number of imide groups is 1. The molecule has 0 aromatic heterocycles. The monoisotopic (exact) mass is 440 g/mol. The number of carbonyl (C=O) groups excluding carboxylic acids is 4. The van der Waals surface area contributed by atoms with Crippen molar-refractivity contribution in [2.75, 3.05) is 32.7 Å². The summed E-state index contributed by atoms with van der Waals surface area (Å²) in [5.74, 6) is -0.0220. The fourth-order valence-electron chi connectivity index (χ4n) is 4.95. The Balaban J connectivity index is 1.32. The Bertz CT molecular complexity index is 901. The predicted molar refractivity (Wildman–Crippen MR) is 119 cm³/mol. The third-order valence-electron chi connectivity index (χ3n) is 7.12. The zero-order chi connectivity index (χ0) is 22.9. The molecule has 8 nitrogen and oxygen atoms in total. The van der Waals surface area contributed by atoms with Gasteiger partial charge in [0.15, 0.2) is 0 Å². The Morgan fingerprint density at radius 2 is 1.53 bits per heavy atom. The molecule has 8 heteroatoms. The van der Waals surface area contributed by atoms with Gasteiger partial charge in [0.1, 0.15) is 12.1 Å². The molecule has 2 aliphatic heterocycles. The highest BCUT2D eigenvalue weighted by atomic mass is 16.2. The van der Waals surface area contributed by atoms with Gasteiger partial charge in [0.25, 0.3) is 5.91 Å². The number of carbonyl (C=O) groups is 4. The molecule has 1 aromatic carbocycles. The van der Waals surface area contributed by atoms with E-state index in [0.29, 0.717) is 44.1 Å². The number of nitrogens with one attached hydrogen (secondary N) is 1. The average Bonchev–Trinajstić information content (AvgIpc) is 3.37. The van der Waals surface area contributed by atoms with Crippen molar-refractivity contribution in [3.63, 3.8) is 0 Å². The van der Waals surface area contributed by atoms with Crippen LogP contribution in [0, 0.1) is 12.8 Å². The molecule has 1 aliphatic carbocycles. The normalized spacial score (nSPS) is 24.2. The first kappa shape index (κ1) is 22.3. The SMILES string of the molecule is Cc1ccc(C2(C)NC(=O)N(CC(=O)N3CCN(C(=O)CC4CCCC4)CC3)C2=O)cc1. The van der Waals surface area contributed by atoms with Crippen LogP contribution in [0.3, 0.4) is 0 Å². The second kappa shape index (κ2) is 8.92. The lowest BCUT2D eigenvalue weighted by Gasteiger charge is -2.35. The number of amides is 5. The minimum absolute atomic E-state index is 0.173. The molecule has 2 saturated heterocycles. The molecule has 4 rings (SSSR count). The maximum atomic E-state index is 13.1. The van der Waals surface area contributed by atoms with Crippen LogP contribution < -0.4 is 5.32 Å². The fourth-order valence-corrected chi connectivity index (χ4v) is 4.95. The zero-order valence-electron chi connectivity index (χ0n) is 18.9. The largest absolute Gasteiger partial charge is 0.339 e. The highest BCUT2D eigenvalue weighted by Crippen LogP contribution is 2.30. The summed E-state index contributed by atoms with van der Waals surface area (Å²) in [6.45, 7) is 5.17. The van der Waals surface area contributed by atoms with Crippen molar-refractivity contribution in [2.24, 2.45) is 5.92 Å². The fraction of sp³-hybridized carbons (Fsp3) is 0.583. The van der Waals surface area contributed by atoms with E-state index in [9.17, 15) is 19.2 Å². The Morgan fingerprint density at radius 3 is 2.12 bits per heavy atom. The van der Waals surface area contributed by atoms with E-state index < -0.39 is 17.5 Å². The van der Waals surface area contributed by atoms with E-state index in [-0.39, 0.29) is 18.4 Å². The standard InChI is InChI=1S/C24H32N4O4/c1-17-7-9-19(10-8-17)24(2)22(31)28(23(32)25-24)16-21(30)27-13-11-26(12-14-27)20(29)15-18-5-3-4-6-18/h7-10,18H,3-6,11-16H2,1-2H3,(H,25,32). The molecule has 3 fully saturated rings. The van der Waals surface area contributed by atoms with Crippen molar-refractivity contribution in [1.29, 1.82) is 0 Å². The van der Waals surface area contributed by atoms with Crippen molar-refractivity contribution < 1.29 is 19.2 Å². The van der Waals surface area contributed by atoms with Gasteiger partial charge in [-0.15, -0.1) is 0 Å². The molecular formula is C24H32N4O4. The minimum Gasteiger partial charge on any atom is -0.339 e. The van der Waals surface area contributed by atoms with E-state index >= 15 is 0 Å². The van der Waals surface area contributed by atoms with Gasteiger partial charge in [-0.1, -0.05) is 42.7 Å². The third-order valence-corrected chi connectivity index (χ3v) is 7.12. The second-order valence-corrected chi connectivity index (χ2v) is 9.43. The summed E-state index contributed by atoms with van der Waals surface area (Å²) in [4.78, 5) is 55.5. The lowest BCUT2D eigenvalue weighted by Crippen LogP contribution is -2.53. The predicted octanol–water partition coefficient (Wildman–Crippen LogP) is 2.01. The van der Waals surface area contributed by atoms with Crippen LogP contribution in [0.2, 0.25) is 0 Å². The first-order valence-corrected chi connectivity index (χ1v) is 11.5. The summed E-state index contributed by atoms with van der Waals surface area (Å²) < 4.78 is 0. The molecule has 172 valence electrons. The van der Waals surface area contributed by atoms with Crippen LogP contribution in [0.15, 0.2) is 24.3 Å². The van der Waals surface area contributed by atoms with E-state index in [1.165, 1.54) is 12.8 Å². The van der Waals surface area contributed by atoms with Crippen LogP contribution in [0.5, 0.6) is 0 Å². The molecular weight excluding hydrogens is 408 g/mol. The van der Waals surface area contributed by atoms with Gasteiger partial charge < -0.3 is 15.1 Å². The first-order valence-electron chi connectivity index (χ1n) is 11.5. The minimum atomic E-state index is -1.18. The molecule has 1 aromatic rings. The van der Waals surface area contributed by atoms with Gasteiger partial charge in [-0.2, -0.15) is 0 Å². The van der Waals surface area contributed by atoms with E-state index in [2.05, 4.69) is 5.32 Å². The topological polar surface area (TPSA) is 90.0 Å². The number of aryl methyl sites for hydroxylation is 1. The van der Waals surface area contributed by atoms with Gasteiger partial charge >= 0.3 is 6.03 Å². The van der Waals surface area contributed by atoms with Gasteiger partial charge in [-0.25, -0.2) is 4.79 Å². The average molecular weight is 441 g/mol. The van der Waals surface area contributed by atoms with Crippen LogP contribution in [0.4, 0.5) is 4.79 Å². The first-order chi connectivity index (χ1) is 15.3. The Hall–Kier alpha value is -2.90. The lowest BCUT2D eigenvalue weighted by molar-refractivity contribution is -0.142. The number of benzene rings is 1. The number of hydrogen-bond donors (Lipinski definition) is 1. The van der Waals surface area contributed by atoms with E-state index in [1.807, 2.05) is 36.1 Å². The molecule has 32 heavy (non-hydrogen) atoms. The summed E-state index contributed by atoms with van der Waals surface area (Å²) in [6, 6.07) is 6.86. The smallest absolute Gasteiger partial charge is 0.325 e. The second-order valence-electron chi connectivity index (χ2n) is 9.43. The van der Waals surface area contributed by atoms with E-state index in [4.69, 9.17) is 0 Å². The van der Waals surface area contributed by atoms with Crippen LogP contribution >= 0.6 is 0 Å². The van der Waals surface area contributed by atoms with Gasteiger partial charge in [0, 0.05) is 32.6 Å². The summed E-state index contributed by atoms with van der Waals surface area (Å²) >= 11 is 0. The van der Waals surface area contributed by atoms with Crippen LogP contribution in [-0.4, -0.2) is 71.2 Å². The lowest BCUT2D eigenvalue weighted by atomic mass is 9.91. The third kappa shape index (κ3) is 4.36. The maximum absolute atomic E-state index is 13.1. The Labute approximate surface area is 188 Å². The van der Waals surface area contributed by atoms with Crippen molar-refractivity contribution >= 4 is 23.8 Å². The number of rotatable bonds is 5. The van der Waals surface area contributed by atoms with Gasteiger partial charge in [0.05, 0.1) is 0 Å². The summed E-state index contributed by atoms with van der Waals surface area (Å²) in [6.07, 6.45) is 5.31. The van der Waals surface area contributed by atoms with Crippen LogP contribution in [-0.2, 0) is 19.9 Å². The molecule has 0 radical (unpaired) electrons.